The molecule has 0 aliphatic carbocycles. The molecule has 1 aliphatic heterocycles. The number of hydrogen-bond donors (Lipinski definition) is 1. The molecule has 0 saturated carbocycles. The van der Waals surface area contributed by atoms with Crippen molar-refractivity contribution in [3.8, 4) is 6.07 Å². The molecule has 0 atom stereocenters. The first-order valence-corrected chi connectivity index (χ1v) is 5.19. The maximum atomic E-state index is 8.68. The van der Waals surface area contributed by atoms with Crippen LogP contribution in [0.4, 0.5) is 0 Å². The van der Waals surface area contributed by atoms with Crippen molar-refractivity contribution in [2.75, 3.05) is 20.1 Å². The van der Waals surface area contributed by atoms with Crippen LogP contribution in [-0.4, -0.2) is 31.1 Å². The van der Waals surface area contributed by atoms with Gasteiger partial charge in [-0.3, -0.25) is 4.90 Å². The van der Waals surface area contributed by atoms with Crippen molar-refractivity contribution in [3.05, 3.63) is 35.4 Å². The normalized spacial score (nSPS) is 16.1. The highest BCUT2D eigenvalue weighted by Gasteiger charge is 2.20. The van der Waals surface area contributed by atoms with Crippen LogP contribution in [0.5, 0.6) is 0 Å². The molecule has 0 radical (unpaired) electrons. The molecule has 1 aromatic carbocycles. The Hall–Kier alpha value is -1.37. The highest BCUT2D eigenvalue weighted by Crippen LogP contribution is 2.10. The van der Waals surface area contributed by atoms with Gasteiger partial charge in [0.05, 0.1) is 11.6 Å². The third kappa shape index (κ3) is 2.35. The third-order valence-corrected chi connectivity index (χ3v) is 2.90. The summed E-state index contributed by atoms with van der Waals surface area (Å²) in [5.74, 6) is 0. The van der Waals surface area contributed by atoms with Gasteiger partial charge in [0.1, 0.15) is 0 Å². The first kappa shape index (κ1) is 10.2. The lowest BCUT2D eigenvalue weighted by Gasteiger charge is -2.35. The molecule has 15 heavy (non-hydrogen) atoms. The molecule has 0 amide bonds. The molecule has 1 saturated heterocycles. The molecule has 1 fully saturated rings. The summed E-state index contributed by atoms with van der Waals surface area (Å²) in [6, 6.07) is 10.6. The second-order valence-electron chi connectivity index (χ2n) is 4.04. The highest BCUT2D eigenvalue weighted by molar-refractivity contribution is 5.31. The second kappa shape index (κ2) is 4.43. The largest absolute Gasteiger partial charge is 0.314 e. The Bertz CT molecular complexity index is 359. The Labute approximate surface area is 90.3 Å². The topological polar surface area (TPSA) is 39.1 Å². The summed E-state index contributed by atoms with van der Waals surface area (Å²) in [5.41, 5.74) is 2.00. The summed E-state index contributed by atoms with van der Waals surface area (Å²) < 4.78 is 0. The molecule has 1 heterocycles. The van der Waals surface area contributed by atoms with E-state index in [0.29, 0.717) is 6.04 Å². The van der Waals surface area contributed by atoms with Crippen LogP contribution in [0, 0.1) is 11.3 Å². The lowest BCUT2D eigenvalue weighted by molar-refractivity contribution is 0.173. The van der Waals surface area contributed by atoms with Gasteiger partial charge in [-0.1, -0.05) is 12.1 Å². The molecule has 3 nitrogen and oxygen atoms in total. The van der Waals surface area contributed by atoms with Gasteiger partial charge >= 0.3 is 0 Å². The fourth-order valence-electron chi connectivity index (χ4n) is 1.69. The van der Waals surface area contributed by atoms with Crippen molar-refractivity contribution >= 4 is 0 Å². The SMILES string of the molecule is CN(Cc1ccc(C#N)cc1)C1CNC1. The van der Waals surface area contributed by atoms with Crippen molar-refractivity contribution in [1.29, 1.82) is 5.26 Å². The number of likely N-dealkylation sites (N-methyl/N-ethyl adjacent to an activating group) is 1. The Morgan fingerprint density at radius 3 is 2.53 bits per heavy atom. The zero-order valence-electron chi connectivity index (χ0n) is 8.90. The van der Waals surface area contributed by atoms with Gasteiger partial charge in [0, 0.05) is 25.7 Å². The lowest BCUT2D eigenvalue weighted by Crippen LogP contribution is -2.55. The van der Waals surface area contributed by atoms with E-state index in [-0.39, 0.29) is 0 Å². The van der Waals surface area contributed by atoms with E-state index in [1.165, 1.54) is 5.56 Å². The maximum Gasteiger partial charge on any atom is 0.0991 e. The number of rotatable bonds is 3. The zero-order valence-corrected chi connectivity index (χ0v) is 8.90. The number of nitrogens with zero attached hydrogens (tertiary/aromatic N) is 2. The lowest BCUT2D eigenvalue weighted by atomic mass is 10.1. The van der Waals surface area contributed by atoms with Crippen molar-refractivity contribution in [2.24, 2.45) is 0 Å². The summed E-state index contributed by atoms with van der Waals surface area (Å²) in [6.45, 7) is 3.14. The van der Waals surface area contributed by atoms with Crippen molar-refractivity contribution in [2.45, 2.75) is 12.6 Å². The van der Waals surface area contributed by atoms with E-state index in [9.17, 15) is 0 Å². The molecule has 1 aromatic rings. The Kier molecular flexibility index (Phi) is 3.00. The van der Waals surface area contributed by atoms with Gasteiger partial charge in [0.15, 0.2) is 0 Å². The summed E-state index contributed by atoms with van der Waals surface area (Å²) in [6.07, 6.45) is 0. The molecule has 0 spiro atoms. The van der Waals surface area contributed by atoms with Gasteiger partial charge < -0.3 is 5.32 Å². The molecule has 3 heteroatoms. The summed E-state index contributed by atoms with van der Waals surface area (Å²) >= 11 is 0. The minimum absolute atomic E-state index is 0.667. The fraction of sp³-hybridized carbons (Fsp3) is 0.417. The highest BCUT2D eigenvalue weighted by atomic mass is 15.2. The van der Waals surface area contributed by atoms with Gasteiger partial charge in [0.2, 0.25) is 0 Å². The van der Waals surface area contributed by atoms with Crippen LogP contribution in [0.2, 0.25) is 0 Å². The molecule has 1 N–H and O–H groups in total. The van der Waals surface area contributed by atoms with Crippen LogP contribution in [0.15, 0.2) is 24.3 Å². The smallest absolute Gasteiger partial charge is 0.0991 e. The van der Waals surface area contributed by atoms with Gasteiger partial charge in [-0.2, -0.15) is 5.26 Å². The van der Waals surface area contributed by atoms with Crippen LogP contribution >= 0.6 is 0 Å². The second-order valence-corrected chi connectivity index (χ2v) is 4.04. The quantitative estimate of drug-likeness (QED) is 0.791. The first-order valence-electron chi connectivity index (χ1n) is 5.19. The Balaban J connectivity index is 1.95. The van der Waals surface area contributed by atoms with Gasteiger partial charge in [-0.05, 0) is 24.7 Å². The van der Waals surface area contributed by atoms with Gasteiger partial charge in [-0.25, -0.2) is 0 Å². The van der Waals surface area contributed by atoms with E-state index >= 15 is 0 Å². The average Bonchev–Trinajstić information content (AvgIpc) is 2.16. The van der Waals surface area contributed by atoms with E-state index in [0.717, 1.165) is 25.2 Å². The molecule has 1 aliphatic rings. The number of hydrogen-bond acceptors (Lipinski definition) is 3. The summed E-state index contributed by atoms with van der Waals surface area (Å²) in [4.78, 5) is 2.35. The molecule has 0 aromatic heterocycles. The van der Waals surface area contributed by atoms with E-state index in [1.807, 2.05) is 24.3 Å². The number of nitrogens with one attached hydrogen (secondary N) is 1. The van der Waals surface area contributed by atoms with Crippen molar-refractivity contribution in [1.82, 2.24) is 10.2 Å². The Morgan fingerprint density at radius 2 is 2.07 bits per heavy atom. The standard InChI is InChI=1S/C12H15N3/c1-15(12-7-14-8-12)9-11-4-2-10(6-13)3-5-11/h2-5,12,14H,7-9H2,1H3. The fourth-order valence-corrected chi connectivity index (χ4v) is 1.69. The predicted molar refractivity (Wildman–Crippen MR) is 59.3 cm³/mol. The molecule has 0 unspecified atom stereocenters. The maximum absolute atomic E-state index is 8.68. The molecular weight excluding hydrogens is 186 g/mol. The van der Waals surface area contributed by atoms with Crippen molar-refractivity contribution < 1.29 is 0 Å². The number of benzene rings is 1. The molecule has 2 rings (SSSR count). The number of nitriles is 1. The Morgan fingerprint density at radius 1 is 1.40 bits per heavy atom. The van der Waals surface area contributed by atoms with Crippen LogP contribution in [-0.2, 0) is 6.54 Å². The average molecular weight is 201 g/mol. The zero-order chi connectivity index (χ0) is 10.7. The van der Waals surface area contributed by atoms with Gasteiger partial charge in [-0.15, -0.1) is 0 Å². The monoisotopic (exact) mass is 201 g/mol. The minimum Gasteiger partial charge on any atom is -0.314 e. The van der Waals surface area contributed by atoms with E-state index in [2.05, 4.69) is 23.3 Å². The van der Waals surface area contributed by atoms with E-state index < -0.39 is 0 Å². The summed E-state index contributed by atoms with van der Waals surface area (Å²) in [5, 5.41) is 11.9. The molecular formula is C12H15N3. The van der Waals surface area contributed by atoms with E-state index in [1.54, 1.807) is 0 Å². The minimum atomic E-state index is 0.667. The van der Waals surface area contributed by atoms with Crippen LogP contribution in [0.25, 0.3) is 0 Å². The third-order valence-electron chi connectivity index (χ3n) is 2.90. The van der Waals surface area contributed by atoms with Gasteiger partial charge in [0.25, 0.3) is 0 Å². The van der Waals surface area contributed by atoms with Crippen LogP contribution in [0.1, 0.15) is 11.1 Å². The van der Waals surface area contributed by atoms with Crippen LogP contribution in [0.3, 0.4) is 0 Å². The molecule has 78 valence electrons. The van der Waals surface area contributed by atoms with Crippen LogP contribution < -0.4 is 5.32 Å². The van der Waals surface area contributed by atoms with Crippen molar-refractivity contribution in [3.63, 3.8) is 0 Å². The van der Waals surface area contributed by atoms with E-state index in [4.69, 9.17) is 5.26 Å². The molecule has 0 bridgehead atoms. The summed E-state index contributed by atoms with van der Waals surface area (Å²) in [7, 11) is 2.14. The predicted octanol–water partition coefficient (Wildman–Crippen LogP) is 0.962. The first-order chi connectivity index (χ1) is 7.29.